The fourth-order valence-corrected chi connectivity index (χ4v) is 3.18. The van der Waals surface area contributed by atoms with Crippen LogP contribution in [-0.4, -0.2) is 14.5 Å². The Kier molecular flexibility index (Phi) is 2.88. The van der Waals surface area contributed by atoms with Crippen molar-refractivity contribution in [3.05, 3.63) is 54.1 Å². The van der Waals surface area contributed by atoms with Gasteiger partial charge in [0.1, 0.15) is 11.3 Å². The van der Waals surface area contributed by atoms with Crippen molar-refractivity contribution in [3.8, 4) is 0 Å². The van der Waals surface area contributed by atoms with Gasteiger partial charge >= 0.3 is 0 Å². The Labute approximate surface area is 123 Å². The van der Waals surface area contributed by atoms with Gasteiger partial charge in [0.25, 0.3) is 0 Å². The van der Waals surface area contributed by atoms with Crippen molar-refractivity contribution in [1.82, 2.24) is 14.5 Å². The number of para-hydroxylation sites is 1. The fourth-order valence-electron chi connectivity index (χ4n) is 3.18. The highest BCUT2D eigenvalue weighted by Gasteiger charge is 2.26. The molecular formula is C17H18N4. The lowest BCUT2D eigenvalue weighted by molar-refractivity contribution is 0.617. The van der Waals surface area contributed by atoms with E-state index in [0.717, 1.165) is 30.7 Å². The van der Waals surface area contributed by atoms with Crippen molar-refractivity contribution in [1.29, 1.82) is 0 Å². The molecule has 0 amide bonds. The van der Waals surface area contributed by atoms with E-state index in [1.807, 2.05) is 12.4 Å². The van der Waals surface area contributed by atoms with E-state index in [1.165, 1.54) is 16.8 Å². The Balaban J connectivity index is 1.79. The summed E-state index contributed by atoms with van der Waals surface area (Å²) in [6.07, 6.45) is 5.79. The zero-order valence-corrected chi connectivity index (χ0v) is 12.1. The topological polar surface area (TPSA) is 42.7 Å². The third-order valence-corrected chi connectivity index (χ3v) is 4.11. The number of imidazole rings is 1. The SMILES string of the molecule is CCCn1c(C2Cc3ccccc3N2)nc2cnccc21. The van der Waals surface area contributed by atoms with Crippen LogP contribution in [0.4, 0.5) is 5.69 Å². The quantitative estimate of drug-likeness (QED) is 0.796. The van der Waals surface area contributed by atoms with Gasteiger partial charge in [-0.3, -0.25) is 4.98 Å². The molecule has 3 heterocycles. The van der Waals surface area contributed by atoms with Crippen LogP contribution in [0.25, 0.3) is 11.0 Å². The van der Waals surface area contributed by atoms with Crippen molar-refractivity contribution in [2.75, 3.05) is 5.32 Å². The average Bonchev–Trinajstić information content (AvgIpc) is 3.09. The molecular weight excluding hydrogens is 260 g/mol. The number of fused-ring (bicyclic) bond motifs is 2. The molecule has 1 unspecified atom stereocenters. The van der Waals surface area contributed by atoms with E-state index in [9.17, 15) is 0 Å². The molecule has 1 atom stereocenters. The number of hydrogen-bond acceptors (Lipinski definition) is 3. The zero-order chi connectivity index (χ0) is 14.2. The number of hydrogen-bond donors (Lipinski definition) is 1. The summed E-state index contributed by atoms with van der Waals surface area (Å²) >= 11 is 0. The molecule has 4 rings (SSSR count). The molecule has 0 aliphatic carbocycles. The van der Waals surface area contributed by atoms with Crippen molar-refractivity contribution < 1.29 is 0 Å². The molecule has 0 saturated heterocycles. The Morgan fingerprint density at radius 3 is 3.05 bits per heavy atom. The van der Waals surface area contributed by atoms with Gasteiger partial charge in [-0.2, -0.15) is 0 Å². The zero-order valence-electron chi connectivity index (χ0n) is 12.1. The summed E-state index contributed by atoms with van der Waals surface area (Å²) in [5, 5.41) is 3.61. The second kappa shape index (κ2) is 4.88. The Morgan fingerprint density at radius 1 is 1.29 bits per heavy atom. The molecule has 106 valence electrons. The van der Waals surface area contributed by atoms with Crippen LogP contribution in [0.1, 0.15) is 30.8 Å². The molecule has 0 radical (unpaired) electrons. The predicted molar refractivity (Wildman–Crippen MR) is 84.3 cm³/mol. The molecule has 1 aliphatic rings. The number of aryl methyl sites for hydroxylation is 1. The standard InChI is InChI=1S/C17H18N4/c1-2-9-21-16-7-8-18-11-15(16)20-17(21)14-10-12-5-3-4-6-13(12)19-14/h3-8,11,14,19H,2,9-10H2,1H3. The summed E-state index contributed by atoms with van der Waals surface area (Å²) in [4.78, 5) is 9.03. The lowest BCUT2D eigenvalue weighted by Gasteiger charge is -2.14. The maximum Gasteiger partial charge on any atom is 0.132 e. The summed E-state index contributed by atoms with van der Waals surface area (Å²) in [6.45, 7) is 3.19. The van der Waals surface area contributed by atoms with Gasteiger partial charge in [0.05, 0.1) is 17.8 Å². The summed E-state index contributed by atoms with van der Waals surface area (Å²) in [7, 11) is 0. The monoisotopic (exact) mass is 278 g/mol. The largest absolute Gasteiger partial charge is 0.375 e. The molecule has 1 aromatic carbocycles. The van der Waals surface area contributed by atoms with E-state index >= 15 is 0 Å². The summed E-state index contributed by atoms with van der Waals surface area (Å²) in [5.41, 5.74) is 4.77. The van der Waals surface area contributed by atoms with E-state index in [-0.39, 0.29) is 6.04 Å². The molecule has 3 aromatic rings. The molecule has 4 nitrogen and oxygen atoms in total. The van der Waals surface area contributed by atoms with Crippen molar-refractivity contribution in [2.24, 2.45) is 0 Å². The van der Waals surface area contributed by atoms with Gasteiger partial charge in [0.15, 0.2) is 0 Å². The third kappa shape index (κ3) is 1.98. The molecule has 1 N–H and O–H groups in total. The molecule has 0 spiro atoms. The number of anilines is 1. The lowest BCUT2D eigenvalue weighted by Crippen LogP contribution is -2.14. The number of nitrogens with one attached hydrogen (secondary N) is 1. The van der Waals surface area contributed by atoms with E-state index in [1.54, 1.807) is 0 Å². The predicted octanol–water partition coefficient (Wildman–Crippen LogP) is 3.55. The first-order valence-corrected chi connectivity index (χ1v) is 7.51. The van der Waals surface area contributed by atoms with Crippen LogP contribution in [-0.2, 0) is 13.0 Å². The number of aromatic nitrogens is 3. The summed E-state index contributed by atoms with van der Waals surface area (Å²) in [5.74, 6) is 1.12. The number of benzene rings is 1. The van der Waals surface area contributed by atoms with Crippen LogP contribution in [0.3, 0.4) is 0 Å². The van der Waals surface area contributed by atoms with E-state index in [0.29, 0.717) is 0 Å². The molecule has 4 heteroatoms. The van der Waals surface area contributed by atoms with E-state index in [2.05, 4.69) is 52.1 Å². The highest BCUT2D eigenvalue weighted by Crippen LogP contribution is 2.34. The smallest absolute Gasteiger partial charge is 0.132 e. The molecule has 21 heavy (non-hydrogen) atoms. The van der Waals surface area contributed by atoms with Crippen LogP contribution in [0.15, 0.2) is 42.7 Å². The summed E-state index contributed by atoms with van der Waals surface area (Å²) < 4.78 is 2.33. The average molecular weight is 278 g/mol. The highest BCUT2D eigenvalue weighted by molar-refractivity contribution is 5.75. The highest BCUT2D eigenvalue weighted by atomic mass is 15.1. The van der Waals surface area contributed by atoms with Crippen molar-refractivity contribution in [3.63, 3.8) is 0 Å². The van der Waals surface area contributed by atoms with Gasteiger partial charge in [-0.15, -0.1) is 0 Å². The normalized spacial score (nSPS) is 16.9. The number of pyridine rings is 1. The second-order valence-electron chi connectivity index (χ2n) is 5.54. The molecule has 2 aromatic heterocycles. The fraction of sp³-hybridized carbons (Fsp3) is 0.294. The first-order valence-electron chi connectivity index (χ1n) is 7.51. The number of rotatable bonds is 3. The lowest BCUT2D eigenvalue weighted by atomic mass is 10.1. The van der Waals surface area contributed by atoms with Gasteiger partial charge < -0.3 is 9.88 Å². The Hall–Kier alpha value is -2.36. The molecule has 0 saturated carbocycles. The minimum atomic E-state index is 0.251. The van der Waals surface area contributed by atoms with Crippen LogP contribution >= 0.6 is 0 Å². The summed E-state index contributed by atoms with van der Waals surface area (Å²) in [6, 6.07) is 10.8. The van der Waals surface area contributed by atoms with Crippen LogP contribution in [0, 0.1) is 0 Å². The molecule has 0 fully saturated rings. The maximum absolute atomic E-state index is 4.83. The van der Waals surface area contributed by atoms with E-state index in [4.69, 9.17) is 4.98 Å². The van der Waals surface area contributed by atoms with Crippen LogP contribution in [0.5, 0.6) is 0 Å². The Morgan fingerprint density at radius 2 is 2.19 bits per heavy atom. The van der Waals surface area contributed by atoms with E-state index < -0.39 is 0 Å². The van der Waals surface area contributed by atoms with Crippen LogP contribution < -0.4 is 5.32 Å². The van der Waals surface area contributed by atoms with Crippen molar-refractivity contribution in [2.45, 2.75) is 32.4 Å². The Bertz CT molecular complexity index is 765. The maximum atomic E-state index is 4.83. The first-order chi connectivity index (χ1) is 10.4. The second-order valence-corrected chi connectivity index (χ2v) is 5.54. The molecule has 1 aliphatic heterocycles. The molecule has 0 bridgehead atoms. The van der Waals surface area contributed by atoms with Crippen LogP contribution in [0.2, 0.25) is 0 Å². The van der Waals surface area contributed by atoms with Crippen molar-refractivity contribution >= 4 is 16.7 Å². The van der Waals surface area contributed by atoms with Gasteiger partial charge in [-0.1, -0.05) is 25.1 Å². The number of nitrogens with zero attached hydrogens (tertiary/aromatic N) is 3. The minimum Gasteiger partial charge on any atom is -0.375 e. The third-order valence-electron chi connectivity index (χ3n) is 4.11. The minimum absolute atomic E-state index is 0.251. The van der Waals surface area contributed by atoms with Gasteiger partial charge in [0.2, 0.25) is 0 Å². The van der Waals surface area contributed by atoms with Gasteiger partial charge in [-0.25, -0.2) is 4.98 Å². The van der Waals surface area contributed by atoms with Gasteiger partial charge in [-0.05, 0) is 24.1 Å². The first kappa shape index (κ1) is 12.4. The van der Waals surface area contributed by atoms with Gasteiger partial charge in [0, 0.05) is 24.8 Å².